The minimum Gasteiger partial charge on any atom is -0.341 e. The number of amides is 3. The number of nitrogens with one attached hydrogen (secondary N) is 2. The monoisotopic (exact) mass is 353 g/mol. The number of halogens is 1. The maximum absolute atomic E-state index is 13.4. The summed E-state index contributed by atoms with van der Waals surface area (Å²) >= 11 is 1.57. The molecule has 0 radical (unpaired) electrons. The summed E-state index contributed by atoms with van der Waals surface area (Å²) in [5.74, 6) is 1.26. The van der Waals surface area contributed by atoms with Crippen molar-refractivity contribution in [2.75, 3.05) is 25.4 Å². The van der Waals surface area contributed by atoms with E-state index in [1.165, 1.54) is 6.07 Å². The summed E-state index contributed by atoms with van der Waals surface area (Å²) in [4.78, 5) is 25.1. The Hall–Kier alpha value is -1.76. The first-order chi connectivity index (χ1) is 11.6. The molecule has 0 spiro atoms. The second kappa shape index (κ2) is 9.52. The molecule has 1 aromatic carbocycles. The molecule has 0 saturated carbocycles. The molecule has 1 aliphatic heterocycles. The number of carbonyl (C=O) groups excluding carboxylic acids is 2. The van der Waals surface area contributed by atoms with Gasteiger partial charge in [0, 0.05) is 43.6 Å². The molecule has 0 bridgehead atoms. The zero-order valence-corrected chi connectivity index (χ0v) is 14.7. The molecule has 1 heterocycles. The molecular formula is C17H24FN3O2S. The average Bonchev–Trinajstić information content (AvgIpc) is 2.93. The molecule has 1 fully saturated rings. The maximum atomic E-state index is 13.4. The number of carbonyl (C=O) groups is 2. The highest BCUT2D eigenvalue weighted by Gasteiger charge is 2.22. The van der Waals surface area contributed by atoms with Crippen LogP contribution in [0.25, 0.3) is 0 Å². The molecule has 3 amide bonds. The van der Waals surface area contributed by atoms with E-state index in [-0.39, 0.29) is 23.8 Å². The first kappa shape index (κ1) is 18.6. The van der Waals surface area contributed by atoms with Gasteiger partial charge in [0.1, 0.15) is 5.82 Å². The summed E-state index contributed by atoms with van der Waals surface area (Å²) in [6.45, 7) is 3.73. The van der Waals surface area contributed by atoms with E-state index in [0.717, 1.165) is 13.0 Å². The maximum Gasteiger partial charge on any atom is 0.315 e. The number of urea groups is 1. The predicted octanol–water partition coefficient (Wildman–Crippen LogP) is 2.37. The summed E-state index contributed by atoms with van der Waals surface area (Å²) in [5.41, 5.74) is 0.677. The van der Waals surface area contributed by atoms with E-state index in [0.29, 0.717) is 36.6 Å². The van der Waals surface area contributed by atoms with Gasteiger partial charge in [-0.2, -0.15) is 11.8 Å². The van der Waals surface area contributed by atoms with Gasteiger partial charge < -0.3 is 15.5 Å². The Morgan fingerprint density at radius 2 is 2.21 bits per heavy atom. The van der Waals surface area contributed by atoms with Crippen LogP contribution in [0.1, 0.15) is 25.3 Å². The lowest BCUT2D eigenvalue weighted by Gasteiger charge is -2.21. The van der Waals surface area contributed by atoms with E-state index in [9.17, 15) is 14.0 Å². The minimum atomic E-state index is -0.236. The number of hydrogen-bond acceptors (Lipinski definition) is 3. The Kier molecular flexibility index (Phi) is 7.36. The quantitative estimate of drug-likeness (QED) is 0.706. The third-order valence-electron chi connectivity index (χ3n) is 3.79. The molecule has 1 saturated heterocycles. The summed E-state index contributed by atoms with van der Waals surface area (Å²) in [7, 11) is 0. The molecule has 2 rings (SSSR count). The van der Waals surface area contributed by atoms with Crippen LogP contribution in [-0.2, 0) is 10.5 Å². The largest absolute Gasteiger partial charge is 0.341 e. The molecule has 1 aromatic rings. The Morgan fingerprint density at radius 3 is 2.92 bits per heavy atom. The van der Waals surface area contributed by atoms with Gasteiger partial charge in [-0.15, -0.1) is 0 Å². The van der Waals surface area contributed by atoms with Crippen LogP contribution in [0.5, 0.6) is 0 Å². The molecule has 132 valence electrons. The van der Waals surface area contributed by atoms with Gasteiger partial charge in [-0.05, 0) is 25.0 Å². The Balaban J connectivity index is 1.56. The first-order valence-electron chi connectivity index (χ1n) is 8.19. The highest BCUT2D eigenvalue weighted by atomic mass is 32.2. The van der Waals surface area contributed by atoms with Gasteiger partial charge in [-0.1, -0.05) is 18.2 Å². The fraction of sp³-hybridized carbons (Fsp3) is 0.529. The van der Waals surface area contributed by atoms with Crippen LogP contribution < -0.4 is 10.6 Å². The minimum absolute atomic E-state index is 0.0851. The Bertz CT molecular complexity index is 571. The summed E-state index contributed by atoms with van der Waals surface area (Å²) in [6, 6.07) is 6.39. The van der Waals surface area contributed by atoms with E-state index in [1.807, 2.05) is 13.0 Å². The van der Waals surface area contributed by atoms with Crippen molar-refractivity contribution in [2.24, 2.45) is 0 Å². The lowest BCUT2D eigenvalue weighted by molar-refractivity contribution is -0.127. The molecule has 24 heavy (non-hydrogen) atoms. The van der Waals surface area contributed by atoms with E-state index in [1.54, 1.807) is 28.8 Å². The van der Waals surface area contributed by atoms with Crippen molar-refractivity contribution in [1.29, 1.82) is 0 Å². The molecule has 0 aromatic heterocycles. The zero-order chi connectivity index (χ0) is 17.4. The average molecular weight is 353 g/mol. The Labute approximate surface area is 146 Å². The van der Waals surface area contributed by atoms with Gasteiger partial charge in [0.25, 0.3) is 0 Å². The van der Waals surface area contributed by atoms with Crippen molar-refractivity contribution in [3.63, 3.8) is 0 Å². The molecule has 0 aliphatic carbocycles. The van der Waals surface area contributed by atoms with Gasteiger partial charge >= 0.3 is 6.03 Å². The SMILES string of the molecule is CC(CN1CCCC1=O)NC(=O)NCCSCc1ccccc1F. The number of likely N-dealkylation sites (tertiary alicyclic amines) is 1. The normalized spacial score (nSPS) is 15.4. The van der Waals surface area contributed by atoms with Gasteiger partial charge in [-0.3, -0.25) is 4.79 Å². The van der Waals surface area contributed by atoms with Gasteiger partial charge in [-0.25, -0.2) is 9.18 Å². The van der Waals surface area contributed by atoms with Crippen molar-refractivity contribution >= 4 is 23.7 Å². The molecular weight excluding hydrogens is 329 g/mol. The third-order valence-corrected chi connectivity index (χ3v) is 4.80. The van der Waals surface area contributed by atoms with Gasteiger partial charge in [0.2, 0.25) is 5.91 Å². The third kappa shape index (κ3) is 6.03. The van der Waals surface area contributed by atoms with E-state index in [2.05, 4.69) is 10.6 Å². The number of benzene rings is 1. The van der Waals surface area contributed by atoms with Gasteiger partial charge in [0.05, 0.1) is 0 Å². The molecule has 1 aliphatic rings. The second-order valence-corrected chi connectivity index (χ2v) is 6.99. The van der Waals surface area contributed by atoms with E-state index < -0.39 is 0 Å². The molecule has 7 heteroatoms. The van der Waals surface area contributed by atoms with Crippen LogP contribution in [-0.4, -0.2) is 48.3 Å². The predicted molar refractivity (Wildman–Crippen MR) is 94.4 cm³/mol. The topological polar surface area (TPSA) is 61.4 Å². The highest BCUT2D eigenvalue weighted by Crippen LogP contribution is 2.14. The van der Waals surface area contributed by atoms with Crippen LogP contribution in [0.15, 0.2) is 24.3 Å². The fourth-order valence-corrected chi connectivity index (χ4v) is 3.43. The van der Waals surface area contributed by atoms with Crippen molar-refractivity contribution in [1.82, 2.24) is 15.5 Å². The van der Waals surface area contributed by atoms with Gasteiger partial charge in [0.15, 0.2) is 0 Å². The number of rotatable bonds is 8. The lowest BCUT2D eigenvalue weighted by Crippen LogP contribution is -2.46. The molecule has 1 unspecified atom stereocenters. The van der Waals surface area contributed by atoms with E-state index in [4.69, 9.17) is 0 Å². The van der Waals surface area contributed by atoms with Crippen LogP contribution in [0.2, 0.25) is 0 Å². The van der Waals surface area contributed by atoms with E-state index >= 15 is 0 Å². The van der Waals surface area contributed by atoms with Crippen molar-refractivity contribution in [3.05, 3.63) is 35.6 Å². The number of nitrogens with zero attached hydrogens (tertiary/aromatic N) is 1. The van der Waals surface area contributed by atoms with Crippen molar-refractivity contribution in [3.8, 4) is 0 Å². The van der Waals surface area contributed by atoms with Crippen LogP contribution in [0, 0.1) is 5.82 Å². The lowest BCUT2D eigenvalue weighted by atomic mass is 10.2. The van der Waals surface area contributed by atoms with Crippen LogP contribution in [0.4, 0.5) is 9.18 Å². The fourth-order valence-electron chi connectivity index (χ4n) is 2.58. The summed E-state index contributed by atoms with van der Waals surface area (Å²) < 4.78 is 13.4. The highest BCUT2D eigenvalue weighted by molar-refractivity contribution is 7.98. The number of thioether (sulfide) groups is 1. The Morgan fingerprint density at radius 1 is 1.42 bits per heavy atom. The number of hydrogen-bond donors (Lipinski definition) is 2. The summed E-state index contributed by atoms with van der Waals surface area (Å²) in [5, 5.41) is 5.61. The smallest absolute Gasteiger partial charge is 0.315 e. The second-order valence-electron chi connectivity index (χ2n) is 5.89. The standard InChI is InChI=1S/C17H24FN3O2S/c1-13(11-21-9-4-7-16(21)22)20-17(23)19-8-10-24-12-14-5-2-3-6-15(14)18/h2-3,5-6,13H,4,7-12H2,1H3,(H2,19,20,23). The molecule has 5 nitrogen and oxygen atoms in total. The molecule has 2 N–H and O–H groups in total. The van der Waals surface area contributed by atoms with Crippen LogP contribution in [0.3, 0.4) is 0 Å². The first-order valence-corrected chi connectivity index (χ1v) is 9.35. The van der Waals surface area contributed by atoms with Crippen molar-refractivity contribution in [2.45, 2.75) is 31.6 Å². The van der Waals surface area contributed by atoms with Crippen molar-refractivity contribution < 1.29 is 14.0 Å². The zero-order valence-electron chi connectivity index (χ0n) is 13.9. The summed E-state index contributed by atoms with van der Waals surface area (Å²) in [6.07, 6.45) is 1.51. The molecule has 1 atom stereocenters. The van der Waals surface area contributed by atoms with Crippen LogP contribution >= 0.6 is 11.8 Å².